The fourth-order valence-electron chi connectivity index (χ4n) is 3.18. The van der Waals surface area contributed by atoms with Crippen molar-refractivity contribution < 1.29 is 14.4 Å². The molecule has 7 nitrogen and oxygen atoms in total. The lowest BCUT2D eigenvalue weighted by atomic mass is 9.92. The Balaban J connectivity index is 1.77. The van der Waals surface area contributed by atoms with Crippen LogP contribution in [-0.2, 0) is 9.63 Å². The summed E-state index contributed by atoms with van der Waals surface area (Å²) in [4.78, 5) is 31.0. The maximum absolute atomic E-state index is 12.9. The number of carbonyl (C=O) groups excluding carboxylic acids is 2. The molecule has 0 bridgehead atoms. The smallest absolute Gasteiger partial charge is 0.344 e. The normalized spacial score (nSPS) is 22.3. The number of halogens is 1. The standard InChI is InChI=1S/C16H21ClN4O3/c17-11-1-2-12(13(18)8-11)16(23)21-9-15(22)24-20-14(21)7-10-3-5-19-6-4-10/h1-2,8,10,14,19-20H,3-7,9,18H2. The van der Waals surface area contributed by atoms with Gasteiger partial charge in [-0.15, -0.1) is 5.48 Å². The Kier molecular flexibility index (Phi) is 5.23. The molecule has 1 unspecified atom stereocenters. The Bertz CT molecular complexity index is 634. The predicted molar refractivity (Wildman–Crippen MR) is 90.1 cm³/mol. The summed E-state index contributed by atoms with van der Waals surface area (Å²) in [5.41, 5.74) is 9.27. The van der Waals surface area contributed by atoms with Crippen LogP contribution in [0.25, 0.3) is 0 Å². The lowest BCUT2D eigenvalue weighted by Crippen LogP contribution is -2.57. The van der Waals surface area contributed by atoms with Gasteiger partial charge in [0.15, 0.2) is 0 Å². The number of rotatable bonds is 3. The highest BCUT2D eigenvalue weighted by Gasteiger charge is 2.34. The molecular formula is C16H21ClN4O3. The molecule has 1 aromatic carbocycles. The molecule has 2 saturated heterocycles. The van der Waals surface area contributed by atoms with Crippen LogP contribution < -0.4 is 16.5 Å². The van der Waals surface area contributed by atoms with Crippen LogP contribution in [0.3, 0.4) is 0 Å². The zero-order chi connectivity index (χ0) is 17.1. The minimum atomic E-state index is -0.488. The highest BCUT2D eigenvalue weighted by atomic mass is 35.5. The fraction of sp³-hybridized carbons (Fsp3) is 0.500. The van der Waals surface area contributed by atoms with Crippen LogP contribution in [0, 0.1) is 5.92 Å². The van der Waals surface area contributed by atoms with Crippen LogP contribution in [0.4, 0.5) is 5.69 Å². The molecule has 8 heteroatoms. The van der Waals surface area contributed by atoms with Gasteiger partial charge < -0.3 is 20.8 Å². The molecule has 2 aliphatic heterocycles. The molecule has 24 heavy (non-hydrogen) atoms. The second kappa shape index (κ2) is 7.38. The van der Waals surface area contributed by atoms with Crippen LogP contribution in [0.2, 0.25) is 5.02 Å². The Morgan fingerprint density at radius 1 is 1.38 bits per heavy atom. The van der Waals surface area contributed by atoms with Gasteiger partial charge in [-0.3, -0.25) is 4.79 Å². The third kappa shape index (κ3) is 3.80. The van der Waals surface area contributed by atoms with Crippen molar-refractivity contribution in [3.05, 3.63) is 28.8 Å². The van der Waals surface area contributed by atoms with E-state index in [1.807, 2.05) is 0 Å². The summed E-state index contributed by atoms with van der Waals surface area (Å²) in [6.07, 6.45) is 2.45. The van der Waals surface area contributed by atoms with Crippen molar-refractivity contribution in [1.82, 2.24) is 15.7 Å². The van der Waals surface area contributed by atoms with E-state index >= 15 is 0 Å². The number of anilines is 1. The Labute approximate surface area is 145 Å². The van der Waals surface area contributed by atoms with Crippen molar-refractivity contribution in [2.45, 2.75) is 25.4 Å². The van der Waals surface area contributed by atoms with E-state index in [-0.39, 0.29) is 18.6 Å². The van der Waals surface area contributed by atoms with Gasteiger partial charge in [-0.25, -0.2) is 4.79 Å². The number of nitrogens with two attached hydrogens (primary N) is 1. The largest absolute Gasteiger partial charge is 0.398 e. The molecule has 3 rings (SSSR count). The first-order valence-corrected chi connectivity index (χ1v) is 8.44. The average molecular weight is 353 g/mol. The number of benzene rings is 1. The second-order valence-corrected chi connectivity index (χ2v) is 6.64. The molecule has 4 N–H and O–H groups in total. The zero-order valence-electron chi connectivity index (χ0n) is 13.3. The van der Waals surface area contributed by atoms with Gasteiger partial charge in [-0.2, -0.15) is 0 Å². The van der Waals surface area contributed by atoms with Gasteiger partial charge in [0.2, 0.25) is 0 Å². The van der Waals surface area contributed by atoms with Crippen molar-refractivity contribution in [1.29, 1.82) is 0 Å². The molecular weight excluding hydrogens is 332 g/mol. The number of nitrogens with zero attached hydrogens (tertiary/aromatic N) is 1. The lowest BCUT2D eigenvalue weighted by Gasteiger charge is -2.37. The van der Waals surface area contributed by atoms with E-state index in [2.05, 4.69) is 10.8 Å². The number of nitrogens with one attached hydrogen (secondary N) is 2. The minimum absolute atomic E-state index is 0.0937. The van der Waals surface area contributed by atoms with E-state index in [1.54, 1.807) is 12.1 Å². The fourth-order valence-corrected chi connectivity index (χ4v) is 3.36. The second-order valence-electron chi connectivity index (χ2n) is 6.20. The summed E-state index contributed by atoms with van der Waals surface area (Å²) in [5.74, 6) is -0.317. The number of amides is 1. The molecule has 0 radical (unpaired) electrons. The van der Waals surface area contributed by atoms with Crippen molar-refractivity contribution in [3.63, 3.8) is 0 Å². The van der Waals surface area contributed by atoms with Gasteiger partial charge in [-0.1, -0.05) is 11.6 Å². The van der Waals surface area contributed by atoms with Crippen molar-refractivity contribution in [2.75, 3.05) is 25.4 Å². The molecule has 0 saturated carbocycles. The van der Waals surface area contributed by atoms with Gasteiger partial charge in [0, 0.05) is 10.7 Å². The average Bonchev–Trinajstić information content (AvgIpc) is 2.57. The van der Waals surface area contributed by atoms with E-state index in [1.165, 1.54) is 11.0 Å². The first-order valence-electron chi connectivity index (χ1n) is 8.06. The number of hydroxylamine groups is 1. The van der Waals surface area contributed by atoms with Crippen LogP contribution in [0.15, 0.2) is 18.2 Å². The zero-order valence-corrected chi connectivity index (χ0v) is 14.0. The van der Waals surface area contributed by atoms with Crippen molar-refractivity contribution >= 4 is 29.2 Å². The number of piperidine rings is 1. The summed E-state index contributed by atoms with van der Waals surface area (Å²) >= 11 is 5.89. The third-order valence-electron chi connectivity index (χ3n) is 4.50. The number of hydrogen-bond donors (Lipinski definition) is 3. The summed E-state index contributed by atoms with van der Waals surface area (Å²) in [5, 5.41) is 3.78. The van der Waals surface area contributed by atoms with E-state index in [0.717, 1.165) is 32.4 Å². The van der Waals surface area contributed by atoms with Gasteiger partial charge in [0.25, 0.3) is 5.91 Å². The minimum Gasteiger partial charge on any atom is -0.398 e. The van der Waals surface area contributed by atoms with Gasteiger partial charge >= 0.3 is 5.97 Å². The van der Waals surface area contributed by atoms with Crippen molar-refractivity contribution in [2.24, 2.45) is 5.92 Å². The Morgan fingerprint density at radius 3 is 2.83 bits per heavy atom. The monoisotopic (exact) mass is 352 g/mol. The summed E-state index contributed by atoms with van der Waals surface area (Å²) in [7, 11) is 0. The topological polar surface area (TPSA) is 96.7 Å². The van der Waals surface area contributed by atoms with Crippen LogP contribution in [0.1, 0.15) is 29.6 Å². The SMILES string of the molecule is Nc1cc(Cl)ccc1C(=O)N1CC(=O)ONC1CC1CCNCC1. The van der Waals surface area contributed by atoms with Gasteiger partial charge in [0.1, 0.15) is 12.7 Å². The van der Waals surface area contributed by atoms with Crippen molar-refractivity contribution in [3.8, 4) is 0 Å². The Morgan fingerprint density at radius 2 is 2.12 bits per heavy atom. The molecule has 0 aromatic heterocycles. The summed E-state index contributed by atoms with van der Waals surface area (Å²) in [6.45, 7) is 1.84. The predicted octanol–water partition coefficient (Wildman–Crippen LogP) is 1.14. The maximum atomic E-state index is 12.9. The molecule has 2 heterocycles. The molecule has 1 aromatic rings. The molecule has 1 atom stereocenters. The van der Waals surface area contributed by atoms with E-state index < -0.39 is 5.97 Å². The first kappa shape index (κ1) is 17.0. The third-order valence-corrected chi connectivity index (χ3v) is 4.74. The van der Waals surface area contributed by atoms with Gasteiger partial charge in [0.05, 0.1) is 5.56 Å². The maximum Gasteiger partial charge on any atom is 0.344 e. The molecule has 2 aliphatic rings. The van der Waals surface area contributed by atoms with Gasteiger partial charge in [-0.05, 0) is 56.5 Å². The Hall–Kier alpha value is -1.83. The van der Waals surface area contributed by atoms with E-state index in [4.69, 9.17) is 22.2 Å². The van der Waals surface area contributed by atoms with E-state index in [0.29, 0.717) is 22.2 Å². The summed E-state index contributed by atoms with van der Waals surface area (Å²) < 4.78 is 0. The molecule has 1 amide bonds. The summed E-state index contributed by atoms with van der Waals surface area (Å²) in [6, 6.07) is 4.73. The van der Waals surface area contributed by atoms with E-state index in [9.17, 15) is 9.59 Å². The van der Waals surface area contributed by atoms with Crippen LogP contribution in [0.5, 0.6) is 0 Å². The number of nitrogen functional groups attached to an aromatic ring is 1. The lowest BCUT2D eigenvalue weighted by molar-refractivity contribution is -0.167. The number of hydrogen-bond acceptors (Lipinski definition) is 6. The molecule has 0 aliphatic carbocycles. The number of carbonyl (C=O) groups is 2. The highest BCUT2D eigenvalue weighted by Crippen LogP contribution is 2.25. The molecule has 2 fully saturated rings. The quantitative estimate of drug-likeness (QED) is 0.706. The molecule has 0 spiro atoms. The first-order chi connectivity index (χ1) is 11.5. The highest BCUT2D eigenvalue weighted by molar-refractivity contribution is 6.31. The molecule has 130 valence electrons. The van der Waals surface area contributed by atoms with Crippen LogP contribution in [-0.4, -0.2) is 42.6 Å². The van der Waals surface area contributed by atoms with Crippen LogP contribution >= 0.6 is 11.6 Å².